The standard InChI is InChI=1S/C6H10P2.3CH3.Sn/c1-4-5(2)8-6(3)7-4;;;;/h7H,1-3H3;3*1H3;. The molecule has 1 atom stereocenters. The van der Waals surface area contributed by atoms with Crippen molar-refractivity contribution >= 4 is 36.1 Å². The summed E-state index contributed by atoms with van der Waals surface area (Å²) >= 11 is -0.543. The quantitative estimate of drug-likeness (QED) is 0.615. The van der Waals surface area contributed by atoms with Crippen molar-refractivity contribution in [3.63, 3.8) is 0 Å². The molecule has 1 heterocycles. The van der Waals surface area contributed by atoms with Gasteiger partial charge in [0, 0.05) is 0 Å². The molecule has 1 radical (unpaired) electrons. The Bertz CT molecular complexity index is 206. The van der Waals surface area contributed by atoms with Crippen LogP contribution >= 0.6 is 16.4 Å². The average molecular weight is 308 g/mol. The monoisotopic (exact) mass is 309 g/mol. The van der Waals surface area contributed by atoms with Gasteiger partial charge in [-0.2, -0.15) is 0 Å². The second-order valence-electron chi connectivity index (χ2n) is 3.53. The van der Waals surface area contributed by atoms with Gasteiger partial charge in [-0.3, -0.25) is 0 Å². The minimum atomic E-state index is -0.543. The van der Waals surface area contributed by atoms with Gasteiger partial charge in [0.15, 0.2) is 0 Å². The predicted molar refractivity (Wildman–Crippen MR) is 66.0 cm³/mol. The van der Waals surface area contributed by atoms with Gasteiger partial charge >= 0.3 is 34.6 Å². The van der Waals surface area contributed by atoms with Crippen LogP contribution in [0.1, 0.15) is 15.6 Å². The first-order chi connectivity index (χ1) is 5.43. The topological polar surface area (TPSA) is 0 Å². The first kappa shape index (κ1) is 13.0. The van der Waals surface area contributed by atoms with Crippen molar-refractivity contribution in [3.8, 4) is 0 Å². The van der Waals surface area contributed by atoms with Crippen LogP contribution in [0.5, 0.6) is 0 Å². The van der Waals surface area contributed by atoms with Gasteiger partial charge < -0.3 is 0 Å². The maximum absolute atomic E-state index is 2.36. The molecule has 0 fully saturated rings. The third-order valence-corrected chi connectivity index (χ3v) is 4.25. The van der Waals surface area contributed by atoms with E-state index in [9.17, 15) is 0 Å². The van der Waals surface area contributed by atoms with Crippen molar-refractivity contribution in [1.29, 1.82) is 0 Å². The zero-order valence-electron chi connectivity index (χ0n) is 8.95. The first-order valence-corrected chi connectivity index (χ1v) is 14.7. The van der Waals surface area contributed by atoms with Gasteiger partial charge in [-0.1, -0.05) is 8.19 Å². The molecule has 0 aromatic carbocycles. The second kappa shape index (κ2) is 6.46. The molecular formula is C9H19P2Sn. The summed E-state index contributed by atoms with van der Waals surface area (Å²) in [5.41, 5.74) is 0. The van der Waals surface area contributed by atoms with Crippen molar-refractivity contribution < 1.29 is 0 Å². The summed E-state index contributed by atoms with van der Waals surface area (Å²) in [4.78, 5) is 7.09. The molecule has 0 aliphatic carbocycles. The number of aryl methyl sites for hydroxylation is 3. The molecule has 1 rings (SSSR count). The number of hydrogen-bond donors (Lipinski definition) is 0. The van der Waals surface area contributed by atoms with Gasteiger partial charge in [0.05, 0.1) is 0 Å². The molecule has 0 saturated heterocycles. The Labute approximate surface area is 87.1 Å². The van der Waals surface area contributed by atoms with Crippen molar-refractivity contribution in [3.05, 3.63) is 15.6 Å². The van der Waals surface area contributed by atoms with Crippen LogP contribution in [-0.2, 0) is 0 Å². The molecular weight excluding hydrogens is 289 g/mol. The van der Waals surface area contributed by atoms with E-state index in [1.807, 2.05) is 0 Å². The SMILES string of the molecule is Cc1pc(C)c(C)[pH]1.[CH3][Sn]([CH3])[CH3]. The summed E-state index contributed by atoms with van der Waals surface area (Å²) in [7, 11) is 2.51. The van der Waals surface area contributed by atoms with Gasteiger partial charge in [0.25, 0.3) is 0 Å². The van der Waals surface area contributed by atoms with Gasteiger partial charge in [-0.15, -0.1) is 8.19 Å². The van der Waals surface area contributed by atoms with E-state index in [-0.39, 0.29) is 0 Å². The van der Waals surface area contributed by atoms with Gasteiger partial charge in [-0.05, 0) is 36.4 Å². The predicted octanol–water partition coefficient (Wildman–Crippen LogP) is 4.59. The van der Waals surface area contributed by atoms with Crippen LogP contribution in [0.3, 0.4) is 0 Å². The molecule has 0 spiro atoms. The molecule has 0 aliphatic heterocycles. The van der Waals surface area contributed by atoms with E-state index in [0.717, 1.165) is 8.19 Å². The molecule has 0 bridgehead atoms. The van der Waals surface area contributed by atoms with Crippen molar-refractivity contribution in [2.24, 2.45) is 0 Å². The molecule has 1 aromatic rings. The van der Waals surface area contributed by atoms with E-state index in [1.54, 1.807) is 15.6 Å². The Morgan fingerprint density at radius 3 is 1.58 bits per heavy atom. The Morgan fingerprint density at radius 2 is 1.50 bits per heavy atom. The molecule has 0 N–H and O–H groups in total. The molecule has 1 aromatic heterocycles. The van der Waals surface area contributed by atoms with Crippen LogP contribution < -0.4 is 0 Å². The molecule has 69 valence electrons. The molecule has 1 unspecified atom stereocenters. The van der Waals surface area contributed by atoms with Crippen molar-refractivity contribution in [2.45, 2.75) is 35.6 Å². The Hall–Kier alpha value is 1.01. The summed E-state index contributed by atoms with van der Waals surface area (Å²) in [6.45, 7) is 6.69. The van der Waals surface area contributed by atoms with Crippen molar-refractivity contribution in [2.75, 3.05) is 0 Å². The Morgan fingerprint density at radius 1 is 1.08 bits per heavy atom. The van der Waals surface area contributed by atoms with Crippen LogP contribution in [0.2, 0.25) is 14.8 Å². The molecule has 3 heteroatoms. The Kier molecular flexibility index (Phi) is 7.00. The maximum atomic E-state index is 2.36. The van der Waals surface area contributed by atoms with E-state index in [2.05, 4.69) is 35.6 Å². The average Bonchev–Trinajstić information content (AvgIpc) is 2.08. The van der Waals surface area contributed by atoms with E-state index >= 15 is 0 Å². The number of hydrogen-bond acceptors (Lipinski definition) is 0. The summed E-state index contributed by atoms with van der Waals surface area (Å²) < 4.78 is 0. The molecule has 0 nitrogen and oxygen atoms in total. The van der Waals surface area contributed by atoms with E-state index in [0.29, 0.717) is 0 Å². The molecule has 12 heavy (non-hydrogen) atoms. The normalized spacial score (nSPS) is 10.9. The van der Waals surface area contributed by atoms with Crippen LogP contribution in [0.4, 0.5) is 0 Å². The second-order valence-corrected chi connectivity index (χ2v) is 15.8. The fourth-order valence-corrected chi connectivity index (χ4v) is 3.68. The third-order valence-electron chi connectivity index (χ3n) is 1.25. The molecule has 0 aliphatic rings. The third kappa shape index (κ3) is 6.52. The zero-order chi connectivity index (χ0) is 9.72. The van der Waals surface area contributed by atoms with Crippen LogP contribution in [-0.4, -0.2) is 19.8 Å². The van der Waals surface area contributed by atoms with Crippen LogP contribution in [0.25, 0.3) is 0 Å². The molecule has 0 amide bonds. The summed E-state index contributed by atoms with van der Waals surface area (Å²) in [5.74, 6) is 0. The number of rotatable bonds is 0. The Balaban J connectivity index is 0.000000261. The zero-order valence-corrected chi connectivity index (χ0v) is 13.7. The van der Waals surface area contributed by atoms with Gasteiger partial charge in [0.1, 0.15) is 0 Å². The van der Waals surface area contributed by atoms with E-state index in [4.69, 9.17) is 0 Å². The first-order valence-electron chi connectivity index (χ1n) is 4.20. The summed E-state index contributed by atoms with van der Waals surface area (Å²) in [6.07, 6.45) is 0. The van der Waals surface area contributed by atoms with E-state index < -0.39 is 19.8 Å². The summed E-state index contributed by atoms with van der Waals surface area (Å²) in [5, 5.41) is 4.80. The fourth-order valence-electron chi connectivity index (χ4n) is 0.725. The van der Waals surface area contributed by atoms with Crippen LogP contribution in [0, 0.1) is 20.8 Å². The fraction of sp³-hybridized carbons (Fsp3) is 0.667. The van der Waals surface area contributed by atoms with E-state index in [1.165, 1.54) is 8.19 Å². The summed E-state index contributed by atoms with van der Waals surface area (Å²) in [6, 6.07) is 0. The van der Waals surface area contributed by atoms with Gasteiger partial charge in [0.2, 0.25) is 0 Å². The van der Waals surface area contributed by atoms with Crippen molar-refractivity contribution in [1.82, 2.24) is 0 Å². The van der Waals surface area contributed by atoms with Gasteiger partial charge in [-0.25, -0.2) is 0 Å². The minimum absolute atomic E-state index is 0.543. The van der Waals surface area contributed by atoms with Crippen LogP contribution in [0.15, 0.2) is 0 Å². The molecule has 0 saturated carbocycles.